The van der Waals surface area contributed by atoms with Crippen LogP contribution in [0.25, 0.3) is 0 Å². The van der Waals surface area contributed by atoms with Gasteiger partial charge in [-0.05, 0) is 18.6 Å². The molecule has 0 spiro atoms. The van der Waals surface area contributed by atoms with Crippen molar-refractivity contribution in [2.24, 2.45) is 5.92 Å². The van der Waals surface area contributed by atoms with Crippen molar-refractivity contribution in [3.05, 3.63) is 60.2 Å². The molecule has 0 bridgehead atoms. The molecule has 0 saturated carbocycles. The Hall–Kier alpha value is -1.90. The van der Waals surface area contributed by atoms with Gasteiger partial charge in [-0.15, -0.1) is 0 Å². The Bertz CT molecular complexity index is 492. The Balaban J connectivity index is 2.42. The second-order valence-corrected chi connectivity index (χ2v) is 4.52. The molecule has 0 fully saturated rings. The van der Waals surface area contributed by atoms with Gasteiger partial charge in [0.25, 0.3) is 0 Å². The van der Waals surface area contributed by atoms with Gasteiger partial charge in [-0.25, -0.2) is 4.39 Å². The lowest BCUT2D eigenvalue weighted by Crippen LogP contribution is -2.40. The molecule has 3 heteroatoms. The highest BCUT2D eigenvalue weighted by molar-refractivity contribution is 5.72. The molecular weight excluding hydrogens is 231 g/mol. The maximum atomic E-state index is 15.0. The van der Waals surface area contributed by atoms with Gasteiger partial charge in [0.15, 0.2) is 5.67 Å². The summed E-state index contributed by atoms with van der Waals surface area (Å²) < 4.78 is 15.0. The monoisotopic (exact) mass is 246 g/mol. The predicted molar refractivity (Wildman–Crippen MR) is 68.1 cm³/mol. The third-order valence-electron chi connectivity index (χ3n) is 3.44. The zero-order valence-electron chi connectivity index (χ0n) is 10.1. The van der Waals surface area contributed by atoms with Crippen LogP contribution in [0.15, 0.2) is 54.6 Å². The van der Waals surface area contributed by atoms with Crippen LogP contribution in [0, 0.1) is 5.92 Å². The van der Waals surface area contributed by atoms with Crippen molar-refractivity contribution >= 4 is 5.97 Å². The Morgan fingerprint density at radius 1 is 1.33 bits per heavy atom. The molecule has 0 radical (unpaired) electrons. The summed E-state index contributed by atoms with van der Waals surface area (Å²) in [5.41, 5.74) is -1.10. The highest BCUT2D eigenvalue weighted by Gasteiger charge is 2.45. The number of hydrogen-bond acceptors (Lipinski definition) is 1. The van der Waals surface area contributed by atoms with Gasteiger partial charge in [0, 0.05) is 5.92 Å². The standard InChI is InChI=1S/C15H15FO2/c1-11(14(17)18)15(16)10-6-5-9-13(15)12-7-3-2-4-8-12/h2-11,13H,1H3,(H,17,18). The molecule has 0 saturated heterocycles. The minimum Gasteiger partial charge on any atom is -0.481 e. The quantitative estimate of drug-likeness (QED) is 0.888. The number of rotatable bonds is 3. The molecule has 1 aliphatic carbocycles. The number of halogens is 1. The fourth-order valence-corrected chi connectivity index (χ4v) is 2.26. The van der Waals surface area contributed by atoms with Crippen LogP contribution in [-0.4, -0.2) is 16.7 Å². The normalized spacial score (nSPS) is 28.0. The topological polar surface area (TPSA) is 37.3 Å². The van der Waals surface area contributed by atoms with E-state index in [2.05, 4.69) is 0 Å². The van der Waals surface area contributed by atoms with E-state index < -0.39 is 23.5 Å². The van der Waals surface area contributed by atoms with Crippen molar-refractivity contribution in [3.63, 3.8) is 0 Å². The van der Waals surface area contributed by atoms with Crippen LogP contribution in [-0.2, 0) is 4.79 Å². The summed E-state index contributed by atoms with van der Waals surface area (Å²) in [5.74, 6) is -2.78. The molecule has 94 valence electrons. The van der Waals surface area contributed by atoms with E-state index in [1.165, 1.54) is 13.0 Å². The Labute approximate surface area is 105 Å². The highest BCUT2D eigenvalue weighted by atomic mass is 19.1. The van der Waals surface area contributed by atoms with E-state index in [1.807, 2.05) is 30.3 Å². The zero-order valence-corrected chi connectivity index (χ0v) is 10.1. The van der Waals surface area contributed by atoms with E-state index in [0.717, 1.165) is 5.56 Å². The van der Waals surface area contributed by atoms with Gasteiger partial charge < -0.3 is 5.11 Å². The lowest BCUT2D eigenvalue weighted by Gasteiger charge is -2.34. The van der Waals surface area contributed by atoms with E-state index in [-0.39, 0.29) is 0 Å². The molecule has 1 aliphatic rings. The molecule has 0 aromatic heterocycles. The number of hydrogen-bond donors (Lipinski definition) is 1. The van der Waals surface area contributed by atoms with E-state index in [0.29, 0.717) is 0 Å². The third kappa shape index (κ3) is 2.08. The molecule has 1 aromatic carbocycles. The van der Waals surface area contributed by atoms with Crippen LogP contribution < -0.4 is 0 Å². The molecule has 1 N–H and O–H groups in total. The number of aliphatic carboxylic acids is 1. The maximum absolute atomic E-state index is 15.0. The second kappa shape index (κ2) is 4.77. The molecule has 1 aromatic rings. The molecular formula is C15H15FO2. The smallest absolute Gasteiger partial charge is 0.309 e. The van der Waals surface area contributed by atoms with Crippen LogP contribution in [0.2, 0.25) is 0 Å². The first-order valence-corrected chi connectivity index (χ1v) is 5.88. The average Bonchev–Trinajstić information content (AvgIpc) is 2.39. The average molecular weight is 246 g/mol. The van der Waals surface area contributed by atoms with Gasteiger partial charge >= 0.3 is 5.97 Å². The van der Waals surface area contributed by atoms with E-state index >= 15 is 4.39 Å². The lowest BCUT2D eigenvalue weighted by atomic mass is 9.73. The summed E-state index contributed by atoms with van der Waals surface area (Å²) in [6, 6.07) is 9.14. The summed E-state index contributed by atoms with van der Waals surface area (Å²) >= 11 is 0. The van der Waals surface area contributed by atoms with Crippen molar-refractivity contribution in [1.82, 2.24) is 0 Å². The van der Waals surface area contributed by atoms with Crippen molar-refractivity contribution < 1.29 is 14.3 Å². The first-order chi connectivity index (χ1) is 8.55. The van der Waals surface area contributed by atoms with E-state index in [9.17, 15) is 4.79 Å². The number of alkyl halides is 1. The Morgan fingerprint density at radius 2 is 2.00 bits per heavy atom. The van der Waals surface area contributed by atoms with Crippen LogP contribution in [0.1, 0.15) is 18.4 Å². The first kappa shape index (κ1) is 12.6. The van der Waals surface area contributed by atoms with E-state index in [4.69, 9.17) is 5.11 Å². The van der Waals surface area contributed by atoms with Crippen LogP contribution in [0.3, 0.4) is 0 Å². The summed E-state index contributed by atoms with van der Waals surface area (Å²) in [6.45, 7) is 1.40. The van der Waals surface area contributed by atoms with Crippen LogP contribution in [0.5, 0.6) is 0 Å². The molecule has 18 heavy (non-hydrogen) atoms. The van der Waals surface area contributed by atoms with Gasteiger partial charge in [-0.3, -0.25) is 4.79 Å². The number of carbonyl (C=O) groups is 1. The molecule has 0 aliphatic heterocycles. The van der Waals surface area contributed by atoms with Crippen molar-refractivity contribution in [2.75, 3.05) is 0 Å². The van der Waals surface area contributed by atoms with Gasteiger partial charge in [0.2, 0.25) is 0 Å². The summed E-state index contributed by atoms with van der Waals surface area (Å²) in [5, 5.41) is 9.07. The fourth-order valence-electron chi connectivity index (χ4n) is 2.26. The van der Waals surface area contributed by atoms with Crippen molar-refractivity contribution in [2.45, 2.75) is 18.5 Å². The minimum absolute atomic E-state index is 0.560. The lowest BCUT2D eigenvalue weighted by molar-refractivity contribution is -0.145. The first-order valence-electron chi connectivity index (χ1n) is 5.88. The largest absolute Gasteiger partial charge is 0.481 e. The van der Waals surface area contributed by atoms with Crippen LogP contribution in [0.4, 0.5) is 4.39 Å². The van der Waals surface area contributed by atoms with E-state index in [1.54, 1.807) is 18.2 Å². The summed E-state index contributed by atoms with van der Waals surface area (Å²) in [6.07, 6.45) is 6.39. The number of benzene rings is 1. The second-order valence-electron chi connectivity index (χ2n) is 4.52. The number of carboxylic acid groups (broad SMARTS) is 1. The fraction of sp³-hybridized carbons (Fsp3) is 0.267. The maximum Gasteiger partial charge on any atom is 0.309 e. The predicted octanol–water partition coefficient (Wildman–Crippen LogP) is 3.33. The van der Waals surface area contributed by atoms with Gasteiger partial charge in [0.1, 0.15) is 0 Å². The Kier molecular flexibility index (Phi) is 3.32. The number of carboxylic acids is 1. The van der Waals surface area contributed by atoms with Gasteiger partial charge in [-0.2, -0.15) is 0 Å². The highest BCUT2D eigenvalue weighted by Crippen LogP contribution is 2.42. The van der Waals surface area contributed by atoms with Crippen molar-refractivity contribution in [1.29, 1.82) is 0 Å². The van der Waals surface area contributed by atoms with Crippen LogP contribution >= 0.6 is 0 Å². The van der Waals surface area contributed by atoms with Crippen molar-refractivity contribution in [3.8, 4) is 0 Å². The molecule has 0 amide bonds. The summed E-state index contributed by atoms with van der Waals surface area (Å²) in [7, 11) is 0. The van der Waals surface area contributed by atoms with Gasteiger partial charge in [0.05, 0.1) is 5.92 Å². The Morgan fingerprint density at radius 3 is 2.61 bits per heavy atom. The third-order valence-corrected chi connectivity index (χ3v) is 3.44. The van der Waals surface area contributed by atoms with Gasteiger partial charge in [-0.1, -0.05) is 48.6 Å². The molecule has 3 unspecified atom stereocenters. The zero-order chi connectivity index (χ0) is 13.2. The molecule has 0 heterocycles. The minimum atomic E-state index is -1.89. The number of allylic oxidation sites excluding steroid dienone is 4. The SMILES string of the molecule is CC(C(=O)O)C1(F)C=CC=CC1c1ccccc1. The molecule has 2 nitrogen and oxygen atoms in total. The summed E-state index contributed by atoms with van der Waals surface area (Å²) in [4.78, 5) is 11.1. The molecule has 2 rings (SSSR count). The molecule has 3 atom stereocenters.